The van der Waals surface area contributed by atoms with E-state index < -0.39 is 11.9 Å². The second-order valence-corrected chi connectivity index (χ2v) is 4.32. The van der Waals surface area contributed by atoms with Gasteiger partial charge in [-0.05, 0) is 25.7 Å². The molecule has 0 saturated heterocycles. The van der Waals surface area contributed by atoms with Gasteiger partial charge in [0.05, 0.1) is 6.61 Å². The highest BCUT2D eigenvalue weighted by atomic mass is 16.5. The van der Waals surface area contributed by atoms with E-state index in [-0.39, 0.29) is 18.8 Å². The van der Waals surface area contributed by atoms with E-state index in [1.54, 1.807) is 0 Å². The van der Waals surface area contributed by atoms with Gasteiger partial charge in [-0.1, -0.05) is 20.3 Å². The van der Waals surface area contributed by atoms with E-state index in [2.05, 4.69) is 6.92 Å². The molecule has 0 aliphatic carbocycles. The molecule has 0 heterocycles. The predicted molar refractivity (Wildman–Crippen MR) is 74.5 cm³/mol. The monoisotopic (exact) mass is 290 g/mol. The standard InChI is InChI=1S/C8H16O2.C6H10O4/c1-3-5-7-10-8(9)6-4-2;7-5(8)3-1-2-4-6(9)10/h3-7H2,1-2H3;1-4H2,(H,7,8)(H,9,10). The lowest BCUT2D eigenvalue weighted by atomic mass is 10.2. The first kappa shape index (κ1) is 20.7. The van der Waals surface area contributed by atoms with Crippen LogP contribution in [-0.2, 0) is 19.1 Å². The fourth-order valence-corrected chi connectivity index (χ4v) is 1.16. The lowest BCUT2D eigenvalue weighted by Crippen LogP contribution is -2.04. The predicted octanol–water partition coefficient (Wildman–Crippen LogP) is 2.85. The fourth-order valence-electron chi connectivity index (χ4n) is 1.16. The Balaban J connectivity index is 0. The molecule has 6 heteroatoms. The summed E-state index contributed by atoms with van der Waals surface area (Å²) >= 11 is 0. The maximum absolute atomic E-state index is 10.7. The van der Waals surface area contributed by atoms with E-state index in [4.69, 9.17) is 14.9 Å². The van der Waals surface area contributed by atoms with Crippen molar-refractivity contribution in [1.82, 2.24) is 0 Å². The number of carbonyl (C=O) groups is 3. The summed E-state index contributed by atoms with van der Waals surface area (Å²) in [5.41, 5.74) is 0. The van der Waals surface area contributed by atoms with Crippen LogP contribution in [0.5, 0.6) is 0 Å². The van der Waals surface area contributed by atoms with Crippen molar-refractivity contribution in [3.05, 3.63) is 0 Å². The number of esters is 1. The molecule has 6 nitrogen and oxygen atoms in total. The summed E-state index contributed by atoms with van der Waals surface area (Å²) in [4.78, 5) is 30.5. The van der Waals surface area contributed by atoms with Gasteiger partial charge >= 0.3 is 17.9 Å². The molecule has 0 bridgehead atoms. The highest BCUT2D eigenvalue weighted by Gasteiger charge is 1.99. The van der Waals surface area contributed by atoms with E-state index >= 15 is 0 Å². The molecular weight excluding hydrogens is 264 g/mol. The molecule has 20 heavy (non-hydrogen) atoms. The van der Waals surface area contributed by atoms with Crippen molar-refractivity contribution in [2.75, 3.05) is 6.61 Å². The minimum atomic E-state index is -0.870. The molecular formula is C14H26O6. The zero-order chi connectivity index (χ0) is 15.8. The van der Waals surface area contributed by atoms with E-state index in [9.17, 15) is 14.4 Å². The van der Waals surface area contributed by atoms with Crippen molar-refractivity contribution < 1.29 is 29.3 Å². The molecule has 0 aliphatic rings. The average Bonchev–Trinajstić information content (AvgIpc) is 2.36. The van der Waals surface area contributed by atoms with Crippen LogP contribution in [0, 0.1) is 0 Å². The number of rotatable bonds is 10. The summed E-state index contributed by atoms with van der Waals surface area (Å²) in [5, 5.41) is 16.3. The van der Waals surface area contributed by atoms with Gasteiger partial charge in [0.15, 0.2) is 0 Å². The largest absolute Gasteiger partial charge is 0.481 e. The molecule has 0 atom stereocenters. The molecule has 0 amide bonds. The van der Waals surface area contributed by atoms with Gasteiger partial charge in [-0.15, -0.1) is 0 Å². The lowest BCUT2D eigenvalue weighted by Gasteiger charge is -2.00. The SMILES string of the molecule is CCCCOC(=O)CCC.O=C(O)CCCCC(=O)O. The van der Waals surface area contributed by atoms with Crippen molar-refractivity contribution in [3.8, 4) is 0 Å². The third-order valence-electron chi connectivity index (χ3n) is 2.25. The number of ether oxygens (including phenoxy) is 1. The molecule has 0 saturated carbocycles. The molecule has 0 aromatic heterocycles. The number of aliphatic carboxylic acids is 2. The maximum Gasteiger partial charge on any atom is 0.305 e. The van der Waals surface area contributed by atoms with Crippen LogP contribution >= 0.6 is 0 Å². The first-order valence-corrected chi connectivity index (χ1v) is 7.03. The second kappa shape index (κ2) is 15.5. The normalized spacial score (nSPS) is 9.30. The third kappa shape index (κ3) is 21.7. The van der Waals surface area contributed by atoms with Crippen LogP contribution < -0.4 is 0 Å². The van der Waals surface area contributed by atoms with Gasteiger partial charge in [0.25, 0.3) is 0 Å². The summed E-state index contributed by atoms with van der Waals surface area (Å²) < 4.78 is 4.88. The summed E-state index contributed by atoms with van der Waals surface area (Å²) in [7, 11) is 0. The van der Waals surface area contributed by atoms with Crippen molar-refractivity contribution in [2.45, 2.75) is 65.2 Å². The van der Waals surface area contributed by atoms with Gasteiger partial charge in [0.2, 0.25) is 0 Å². The van der Waals surface area contributed by atoms with Crippen molar-refractivity contribution in [1.29, 1.82) is 0 Å². The van der Waals surface area contributed by atoms with Crippen LogP contribution in [0.15, 0.2) is 0 Å². The van der Waals surface area contributed by atoms with Crippen LogP contribution in [0.1, 0.15) is 65.2 Å². The first-order valence-electron chi connectivity index (χ1n) is 7.03. The summed E-state index contributed by atoms with van der Waals surface area (Å²) in [6.07, 6.45) is 4.52. The molecule has 0 radical (unpaired) electrons. The quantitative estimate of drug-likeness (QED) is 0.474. The highest BCUT2D eigenvalue weighted by molar-refractivity contribution is 5.69. The molecule has 0 aromatic carbocycles. The van der Waals surface area contributed by atoms with Gasteiger partial charge < -0.3 is 14.9 Å². The van der Waals surface area contributed by atoms with E-state index in [0.29, 0.717) is 25.9 Å². The zero-order valence-corrected chi connectivity index (χ0v) is 12.4. The third-order valence-corrected chi connectivity index (χ3v) is 2.25. The van der Waals surface area contributed by atoms with Gasteiger partial charge in [-0.3, -0.25) is 14.4 Å². The second-order valence-electron chi connectivity index (χ2n) is 4.32. The highest BCUT2D eigenvalue weighted by Crippen LogP contribution is 1.98. The van der Waals surface area contributed by atoms with Crippen molar-refractivity contribution >= 4 is 17.9 Å². The van der Waals surface area contributed by atoms with Gasteiger partial charge in [-0.2, -0.15) is 0 Å². The molecule has 0 spiro atoms. The number of hydrogen-bond donors (Lipinski definition) is 2. The Labute approximate surface area is 120 Å². The molecule has 0 aliphatic heterocycles. The van der Waals surface area contributed by atoms with Crippen molar-refractivity contribution in [2.24, 2.45) is 0 Å². The molecule has 0 aromatic rings. The number of carboxylic acid groups (broad SMARTS) is 2. The Morgan fingerprint density at radius 1 is 0.800 bits per heavy atom. The molecule has 118 valence electrons. The van der Waals surface area contributed by atoms with Crippen molar-refractivity contribution in [3.63, 3.8) is 0 Å². The van der Waals surface area contributed by atoms with Crippen LogP contribution in [0.3, 0.4) is 0 Å². The smallest absolute Gasteiger partial charge is 0.305 e. The molecule has 2 N–H and O–H groups in total. The van der Waals surface area contributed by atoms with Crippen LogP contribution in [0.2, 0.25) is 0 Å². The van der Waals surface area contributed by atoms with Gasteiger partial charge in [0, 0.05) is 19.3 Å². The first-order chi connectivity index (χ1) is 9.43. The Bertz CT molecular complexity index is 259. The van der Waals surface area contributed by atoms with E-state index in [1.807, 2.05) is 6.92 Å². The Morgan fingerprint density at radius 2 is 1.30 bits per heavy atom. The Hall–Kier alpha value is -1.59. The summed E-state index contributed by atoms with van der Waals surface area (Å²) in [6.45, 7) is 4.64. The van der Waals surface area contributed by atoms with Crippen LogP contribution in [0.25, 0.3) is 0 Å². The Morgan fingerprint density at radius 3 is 1.65 bits per heavy atom. The van der Waals surface area contributed by atoms with E-state index in [0.717, 1.165) is 19.3 Å². The summed E-state index contributed by atoms with van der Waals surface area (Å²) in [6, 6.07) is 0. The minimum absolute atomic E-state index is 0.0593. The van der Waals surface area contributed by atoms with Gasteiger partial charge in [-0.25, -0.2) is 0 Å². The average molecular weight is 290 g/mol. The Kier molecular flexibility index (Phi) is 16.0. The maximum atomic E-state index is 10.7. The van der Waals surface area contributed by atoms with Crippen LogP contribution in [0.4, 0.5) is 0 Å². The number of carboxylic acids is 2. The molecule has 0 rings (SSSR count). The minimum Gasteiger partial charge on any atom is -0.481 e. The van der Waals surface area contributed by atoms with Crippen LogP contribution in [-0.4, -0.2) is 34.7 Å². The molecule has 0 unspecified atom stereocenters. The number of unbranched alkanes of at least 4 members (excludes halogenated alkanes) is 2. The topological polar surface area (TPSA) is 101 Å². The van der Waals surface area contributed by atoms with Gasteiger partial charge in [0.1, 0.15) is 0 Å². The zero-order valence-electron chi connectivity index (χ0n) is 12.4. The fraction of sp³-hybridized carbons (Fsp3) is 0.786. The van der Waals surface area contributed by atoms with E-state index in [1.165, 1.54) is 0 Å². The summed E-state index contributed by atoms with van der Waals surface area (Å²) in [5.74, 6) is -1.80. The number of hydrogen-bond acceptors (Lipinski definition) is 4. The molecule has 0 fully saturated rings. The lowest BCUT2D eigenvalue weighted by molar-refractivity contribution is -0.144. The number of carbonyl (C=O) groups excluding carboxylic acids is 1.